The van der Waals surface area contributed by atoms with Crippen molar-refractivity contribution in [1.82, 2.24) is 4.57 Å². The molecule has 0 unspecified atom stereocenters. The number of carboxylic acid groups (broad SMARTS) is 1. The number of nitrogens with zero attached hydrogens (tertiary/aromatic N) is 1. The predicted octanol–water partition coefficient (Wildman–Crippen LogP) is 2.19. The molecule has 1 aromatic heterocycles. The van der Waals surface area contributed by atoms with Gasteiger partial charge in [-0.05, 0) is 24.6 Å². The van der Waals surface area contributed by atoms with E-state index in [1.165, 1.54) is 0 Å². The molecule has 4 nitrogen and oxygen atoms in total. The SMILES string of the molecule is COc1ccc(C)c2c1cc(C(=O)O)n2C. The minimum Gasteiger partial charge on any atom is -0.496 e. The summed E-state index contributed by atoms with van der Waals surface area (Å²) in [4.78, 5) is 11.0. The second-order valence-electron chi connectivity index (χ2n) is 3.74. The Balaban J connectivity index is 2.89. The predicted molar refractivity (Wildman–Crippen MR) is 61.2 cm³/mol. The van der Waals surface area contributed by atoms with Crippen LogP contribution in [0.2, 0.25) is 0 Å². The van der Waals surface area contributed by atoms with Crippen molar-refractivity contribution >= 4 is 16.9 Å². The standard InChI is InChI=1S/C12H13NO3/c1-7-4-5-10(16-3)8-6-9(12(14)15)13(2)11(7)8/h4-6H,1-3H3,(H,14,15). The first-order valence-corrected chi connectivity index (χ1v) is 4.92. The van der Waals surface area contributed by atoms with Crippen LogP contribution in [0.1, 0.15) is 16.1 Å². The van der Waals surface area contributed by atoms with Gasteiger partial charge in [-0.3, -0.25) is 0 Å². The van der Waals surface area contributed by atoms with Crippen LogP contribution in [0.15, 0.2) is 18.2 Å². The van der Waals surface area contributed by atoms with Gasteiger partial charge in [0, 0.05) is 12.4 Å². The Morgan fingerprint density at radius 2 is 2.12 bits per heavy atom. The molecule has 2 aromatic rings. The van der Waals surface area contributed by atoms with E-state index in [9.17, 15) is 4.79 Å². The summed E-state index contributed by atoms with van der Waals surface area (Å²) < 4.78 is 6.90. The number of aryl methyl sites for hydroxylation is 2. The lowest BCUT2D eigenvalue weighted by Gasteiger charge is -2.05. The molecule has 0 saturated heterocycles. The Labute approximate surface area is 93.1 Å². The molecule has 0 radical (unpaired) electrons. The van der Waals surface area contributed by atoms with Gasteiger partial charge in [-0.15, -0.1) is 0 Å². The average Bonchev–Trinajstić information content (AvgIpc) is 2.58. The second-order valence-corrected chi connectivity index (χ2v) is 3.74. The zero-order valence-corrected chi connectivity index (χ0v) is 9.44. The van der Waals surface area contributed by atoms with Crippen LogP contribution >= 0.6 is 0 Å². The van der Waals surface area contributed by atoms with Gasteiger partial charge < -0.3 is 14.4 Å². The van der Waals surface area contributed by atoms with Gasteiger partial charge in [0.25, 0.3) is 0 Å². The van der Waals surface area contributed by atoms with Gasteiger partial charge in [0.05, 0.1) is 12.6 Å². The molecule has 0 fully saturated rings. The molecule has 0 aliphatic heterocycles. The average molecular weight is 219 g/mol. The van der Waals surface area contributed by atoms with E-state index in [0.29, 0.717) is 5.75 Å². The number of hydrogen-bond acceptors (Lipinski definition) is 2. The van der Waals surface area contributed by atoms with Crippen LogP contribution in [0, 0.1) is 6.92 Å². The van der Waals surface area contributed by atoms with Crippen molar-refractivity contribution < 1.29 is 14.6 Å². The van der Waals surface area contributed by atoms with Gasteiger partial charge in [0.15, 0.2) is 0 Å². The minimum atomic E-state index is -0.930. The first-order chi connectivity index (χ1) is 7.56. The highest BCUT2D eigenvalue weighted by Crippen LogP contribution is 2.30. The Kier molecular flexibility index (Phi) is 2.34. The third-order valence-electron chi connectivity index (χ3n) is 2.80. The first kappa shape index (κ1) is 10.5. The Morgan fingerprint density at radius 3 is 2.69 bits per heavy atom. The summed E-state index contributed by atoms with van der Waals surface area (Å²) in [7, 11) is 3.33. The third kappa shape index (κ3) is 1.34. The Morgan fingerprint density at radius 1 is 1.44 bits per heavy atom. The molecule has 0 bridgehead atoms. The molecule has 0 saturated carbocycles. The van der Waals surface area contributed by atoms with Crippen LogP contribution in [-0.2, 0) is 7.05 Å². The number of hydrogen-bond donors (Lipinski definition) is 1. The Bertz CT molecular complexity index is 569. The van der Waals surface area contributed by atoms with Crippen LogP contribution in [0.4, 0.5) is 0 Å². The maximum atomic E-state index is 11.0. The number of carboxylic acids is 1. The molecule has 0 aliphatic rings. The number of aromatic nitrogens is 1. The van der Waals surface area contributed by atoms with Crippen molar-refractivity contribution in [3.63, 3.8) is 0 Å². The number of rotatable bonds is 2. The molecular weight excluding hydrogens is 206 g/mol. The molecule has 0 amide bonds. The molecule has 16 heavy (non-hydrogen) atoms. The molecule has 2 rings (SSSR count). The van der Waals surface area contributed by atoms with E-state index < -0.39 is 5.97 Å². The molecule has 1 N–H and O–H groups in total. The van der Waals surface area contributed by atoms with Crippen molar-refractivity contribution in [1.29, 1.82) is 0 Å². The molecule has 1 heterocycles. The van der Waals surface area contributed by atoms with Gasteiger partial charge >= 0.3 is 5.97 Å². The summed E-state index contributed by atoms with van der Waals surface area (Å²) in [6, 6.07) is 5.42. The smallest absolute Gasteiger partial charge is 0.352 e. The van der Waals surface area contributed by atoms with E-state index in [1.807, 2.05) is 19.1 Å². The van der Waals surface area contributed by atoms with Crippen LogP contribution in [0.3, 0.4) is 0 Å². The number of benzene rings is 1. The second kappa shape index (κ2) is 3.56. The third-order valence-corrected chi connectivity index (χ3v) is 2.80. The molecule has 0 spiro atoms. The maximum Gasteiger partial charge on any atom is 0.352 e. The number of carbonyl (C=O) groups is 1. The van der Waals surface area contributed by atoms with E-state index in [2.05, 4.69) is 0 Å². The first-order valence-electron chi connectivity index (χ1n) is 4.92. The molecule has 0 aliphatic carbocycles. The fourth-order valence-electron chi connectivity index (χ4n) is 2.02. The van der Waals surface area contributed by atoms with Gasteiger partial charge in [0.2, 0.25) is 0 Å². The molecular formula is C12H13NO3. The van der Waals surface area contributed by atoms with E-state index in [1.54, 1.807) is 24.8 Å². The van der Waals surface area contributed by atoms with E-state index in [0.717, 1.165) is 16.5 Å². The number of fused-ring (bicyclic) bond motifs is 1. The molecule has 84 valence electrons. The van der Waals surface area contributed by atoms with Crippen LogP contribution in [0.25, 0.3) is 10.9 Å². The summed E-state index contributed by atoms with van der Waals surface area (Å²) in [5, 5.41) is 9.90. The summed E-state index contributed by atoms with van der Waals surface area (Å²) in [6.45, 7) is 1.95. The van der Waals surface area contributed by atoms with Crippen LogP contribution in [-0.4, -0.2) is 22.8 Å². The zero-order chi connectivity index (χ0) is 11.9. The minimum absolute atomic E-state index is 0.266. The monoisotopic (exact) mass is 219 g/mol. The van der Waals surface area contributed by atoms with Crippen molar-refractivity contribution in [2.45, 2.75) is 6.92 Å². The number of methoxy groups -OCH3 is 1. The van der Waals surface area contributed by atoms with Crippen molar-refractivity contribution in [3.05, 3.63) is 29.5 Å². The zero-order valence-electron chi connectivity index (χ0n) is 9.44. The summed E-state index contributed by atoms with van der Waals surface area (Å²) in [6.07, 6.45) is 0. The number of ether oxygens (including phenoxy) is 1. The molecule has 0 atom stereocenters. The summed E-state index contributed by atoms with van der Waals surface area (Å²) in [5.41, 5.74) is 2.20. The fourth-order valence-corrected chi connectivity index (χ4v) is 2.02. The van der Waals surface area contributed by atoms with Gasteiger partial charge in [-0.2, -0.15) is 0 Å². The van der Waals surface area contributed by atoms with Crippen molar-refractivity contribution in [2.75, 3.05) is 7.11 Å². The summed E-state index contributed by atoms with van der Waals surface area (Å²) >= 11 is 0. The fraction of sp³-hybridized carbons (Fsp3) is 0.250. The van der Waals surface area contributed by atoms with E-state index in [-0.39, 0.29) is 5.69 Å². The van der Waals surface area contributed by atoms with Crippen molar-refractivity contribution in [3.8, 4) is 5.75 Å². The highest BCUT2D eigenvalue weighted by atomic mass is 16.5. The van der Waals surface area contributed by atoms with E-state index >= 15 is 0 Å². The molecule has 1 aromatic carbocycles. The van der Waals surface area contributed by atoms with Gasteiger partial charge in [0.1, 0.15) is 11.4 Å². The molecule has 4 heteroatoms. The quantitative estimate of drug-likeness (QED) is 0.842. The highest BCUT2D eigenvalue weighted by molar-refractivity contribution is 5.98. The van der Waals surface area contributed by atoms with Crippen molar-refractivity contribution in [2.24, 2.45) is 7.05 Å². The topological polar surface area (TPSA) is 51.5 Å². The van der Waals surface area contributed by atoms with Gasteiger partial charge in [-0.25, -0.2) is 4.79 Å². The lowest BCUT2D eigenvalue weighted by molar-refractivity contribution is 0.0687. The maximum absolute atomic E-state index is 11.0. The largest absolute Gasteiger partial charge is 0.496 e. The van der Waals surface area contributed by atoms with Crippen LogP contribution in [0.5, 0.6) is 5.75 Å². The van der Waals surface area contributed by atoms with E-state index in [4.69, 9.17) is 9.84 Å². The lowest BCUT2D eigenvalue weighted by atomic mass is 10.1. The normalized spacial score (nSPS) is 10.7. The highest BCUT2D eigenvalue weighted by Gasteiger charge is 2.15. The Hall–Kier alpha value is -1.97. The summed E-state index contributed by atoms with van der Waals surface area (Å²) in [5.74, 6) is -0.233. The van der Waals surface area contributed by atoms with Crippen LogP contribution < -0.4 is 4.74 Å². The van der Waals surface area contributed by atoms with Gasteiger partial charge in [-0.1, -0.05) is 6.07 Å². The lowest BCUT2D eigenvalue weighted by Crippen LogP contribution is -2.04. The number of aromatic carboxylic acids is 1.